The zero-order valence-electron chi connectivity index (χ0n) is 6.68. The second kappa shape index (κ2) is 5.23. The Balaban J connectivity index is 3.26. The molecule has 0 rings (SSSR count). The number of rotatable bonds is 4. The number of ether oxygens (including phenoxy) is 1. The summed E-state index contributed by atoms with van der Waals surface area (Å²) in [6.45, 7) is 7.63. The molecule has 3 nitrogen and oxygen atoms in total. The van der Waals surface area contributed by atoms with Crippen LogP contribution in [-0.4, -0.2) is 18.6 Å². The molecule has 0 fully saturated rings. The second-order valence-electron chi connectivity index (χ2n) is 2.19. The van der Waals surface area contributed by atoms with Crippen LogP contribution in [-0.2, 0) is 9.53 Å². The lowest BCUT2D eigenvalue weighted by Crippen LogP contribution is -2.20. The maximum absolute atomic E-state index is 10.7. The van der Waals surface area contributed by atoms with Crippen LogP contribution in [0.2, 0.25) is 0 Å². The van der Waals surface area contributed by atoms with Crippen LogP contribution in [0.15, 0.2) is 0 Å². The van der Waals surface area contributed by atoms with Gasteiger partial charge in [0, 0.05) is 0 Å². The van der Waals surface area contributed by atoms with Crippen LogP contribution in [0.4, 0.5) is 0 Å². The van der Waals surface area contributed by atoms with Gasteiger partial charge in [-0.2, -0.15) is 0 Å². The molecule has 0 saturated carbocycles. The van der Waals surface area contributed by atoms with Crippen molar-refractivity contribution in [2.24, 2.45) is 0 Å². The molecule has 1 N–H and O–H groups in total. The molecule has 0 aromatic heterocycles. The molecule has 0 aliphatic carbocycles. The van der Waals surface area contributed by atoms with Crippen LogP contribution in [0.5, 0.6) is 0 Å². The van der Waals surface area contributed by atoms with E-state index in [1.54, 1.807) is 0 Å². The number of carbonyl (C=O) groups is 1. The Labute approximate surface area is 61.8 Å². The van der Waals surface area contributed by atoms with Crippen molar-refractivity contribution in [3.8, 4) is 0 Å². The van der Waals surface area contributed by atoms with E-state index < -0.39 is 0 Å². The highest BCUT2D eigenvalue weighted by atomic mass is 16.5. The molecule has 0 atom stereocenters. The number of nitrogens with one attached hydrogen (secondary N) is 1. The minimum Gasteiger partial charge on any atom is -0.462 e. The summed E-state index contributed by atoms with van der Waals surface area (Å²) >= 11 is 0. The summed E-state index contributed by atoms with van der Waals surface area (Å²) in [4.78, 5) is 10.7. The minimum atomic E-state index is -0.308. The molecule has 0 aliphatic rings. The molecule has 0 spiro atoms. The normalized spacial score (nSPS) is 10.0. The Hall–Kier alpha value is -0.570. The molecule has 0 unspecified atom stereocenters. The third-order valence-corrected chi connectivity index (χ3v) is 0.776. The van der Waals surface area contributed by atoms with Crippen molar-refractivity contribution in [1.82, 2.24) is 5.32 Å². The molecule has 3 heteroatoms. The fraction of sp³-hybridized carbons (Fsp3) is 0.714. The van der Waals surface area contributed by atoms with Crippen molar-refractivity contribution in [2.45, 2.75) is 26.9 Å². The van der Waals surface area contributed by atoms with Crippen molar-refractivity contribution in [3.05, 3.63) is 6.54 Å². The number of hydrogen-bond acceptors (Lipinski definition) is 3. The zero-order chi connectivity index (χ0) is 7.98. The van der Waals surface area contributed by atoms with E-state index in [0.29, 0.717) is 0 Å². The van der Waals surface area contributed by atoms with Crippen LogP contribution < -0.4 is 5.32 Å². The third-order valence-electron chi connectivity index (χ3n) is 0.776. The van der Waals surface area contributed by atoms with Gasteiger partial charge in [-0.15, -0.1) is 0 Å². The molecule has 0 bridgehead atoms. The largest absolute Gasteiger partial charge is 0.462 e. The number of likely N-dealkylation sites (N-methyl/N-ethyl adjacent to an activating group) is 1. The summed E-state index contributed by atoms with van der Waals surface area (Å²) in [5.41, 5.74) is 0. The lowest BCUT2D eigenvalue weighted by Gasteiger charge is -2.06. The molecule has 1 radical (unpaired) electrons. The van der Waals surface area contributed by atoms with Crippen molar-refractivity contribution < 1.29 is 9.53 Å². The molecular formula is C7H14NO2. The monoisotopic (exact) mass is 144 g/mol. The van der Waals surface area contributed by atoms with E-state index in [4.69, 9.17) is 4.74 Å². The van der Waals surface area contributed by atoms with Gasteiger partial charge in [0.1, 0.15) is 6.54 Å². The Kier molecular flexibility index (Phi) is 4.94. The molecule has 0 aromatic carbocycles. The summed E-state index contributed by atoms with van der Waals surface area (Å²) in [7, 11) is 0. The first-order chi connectivity index (χ1) is 4.66. The van der Waals surface area contributed by atoms with E-state index in [2.05, 4.69) is 5.32 Å². The lowest BCUT2D eigenvalue weighted by molar-refractivity contribution is -0.143. The SMILES string of the molecule is CCN[CH]C(=O)OC(C)C. The molecule has 0 amide bonds. The lowest BCUT2D eigenvalue weighted by atomic mass is 10.5. The smallest absolute Gasteiger partial charge is 0.325 e. The summed E-state index contributed by atoms with van der Waals surface area (Å²) in [5, 5.41) is 2.75. The van der Waals surface area contributed by atoms with Gasteiger partial charge >= 0.3 is 5.97 Å². The molecule has 0 aliphatic heterocycles. The van der Waals surface area contributed by atoms with E-state index >= 15 is 0 Å². The highest BCUT2D eigenvalue weighted by Gasteiger charge is 2.03. The van der Waals surface area contributed by atoms with Crippen molar-refractivity contribution >= 4 is 5.97 Å². The van der Waals surface area contributed by atoms with Gasteiger partial charge in [0.25, 0.3) is 0 Å². The standard InChI is InChI=1S/C7H14NO2/c1-4-8-5-7(9)10-6(2)3/h5-6,8H,4H2,1-3H3. The predicted octanol–water partition coefficient (Wildman–Crippen LogP) is 0.709. The van der Waals surface area contributed by atoms with E-state index in [-0.39, 0.29) is 12.1 Å². The Morgan fingerprint density at radius 2 is 2.30 bits per heavy atom. The van der Waals surface area contributed by atoms with Crippen LogP contribution in [0, 0.1) is 6.54 Å². The van der Waals surface area contributed by atoms with Gasteiger partial charge in [0.15, 0.2) is 0 Å². The minimum absolute atomic E-state index is 0.0394. The highest BCUT2D eigenvalue weighted by Crippen LogP contribution is 1.89. The zero-order valence-corrected chi connectivity index (χ0v) is 6.68. The van der Waals surface area contributed by atoms with E-state index in [9.17, 15) is 4.79 Å². The summed E-state index contributed by atoms with van der Waals surface area (Å²) < 4.78 is 4.80. The van der Waals surface area contributed by atoms with Gasteiger partial charge in [-0.05, 0) is 20.4 Å². The summed E-state index contributed by atoms with van der Waals surface area (Å²) in [5.74, 6) is -0.308. The fourth-order valence-electron chi connectivity index (χ4n) is 0.452. The maximum atomic E-state index is 10.7. The van der Waals surface area contributed by atoms with Gasteiger partial charge < -0.3 is 10.1 Å². The highest BCUT2D eigenvalue weighted by molar-refractivity contribution is 5.78. The third kappa shape index (κ3) is 5.56. The molecule has 59 valence electrons. The first kappa shape index (κ1) is 9.43. The Morgan fingerprint density at radius 3 is 2.70 bits per heavy atom. The van der Waals surface area contributed by atoms with Crippen molar-refractivity contribution in [3.63, 3.8) is 0 Å². The predicted molar refractivity (Wildman–Crippen MR) is 39.2 cm³/mol. The maximum Gasteiger partial charge on any atom is 0.325 e. The number of esters is 1. The summed E-state index contributed by atoms with van der Waals surface area (Å²) in [6, 6.07) is 0. The van der Waals surface area contributed by atoms with Crippen molar-refractivity contribution in [1.29, 1.82) is 0 Å². The van der Waals surface area contributed by atoms with E-state index in [0.717, 1.165) is 6.54 Å². The number of hydrogen-bond donors (Lipinski definition) is 1. The average molecular weight is 144 g/mol. The average Bonchev–Trinajstić information content (AvgIpc) is 1.82. The van der Waals surface area contributed by atoms with Crippen LogP contribution in [0.3, 0.4) is 0 Å². The van der Waals surface area contributed by atoms with Gasteiger partial charge in [-0.1, -0.05) is 6.92 Å². The van der Waals surface area contributed by atoms with Gasteiger partial charge in [-0.3, -0.25) is 4.79 Å². The van der Waals surface area contributed by atoms with E-state index in [1.165, 1.54) is 6.54 Å². The summed E-state index contributed by atoms with van der Waals surface area (Å²) in [6.07, 6.45) is -0.0394. The van der Waals surface area contributed by atoms with Crippen LogP contribution >= 0.6 is 0 Å². The van der Waals surface area contributed by atoms with Gasteiger partial charge in [0.05, 0.1) is 6.10 Å². The van der Waals surface area contributed by atoms with Crippen molar-refractivity contribution in [2.75, 3.05) is 6.54 Å². The second-order valence-corrected chi connectivity index (χ2v) is 2.19. The molecule has 0 heterocycles. The first-order valence-corrected chi connectivity index (χ1v) is 3.44. The van der Waals surface area contributed by atoms with Crippen LogP contribution in [0.1, 0.15) is 20.8 Å². The van der Waals surface area contributed by atoms with E-state index in [1.807, 2.05) is 20.8 Å². The molecule has 10 heavy (non-hydrogen) atoms. The molecular weight excluding hydrogens is 130 g/mol. The van der Waals surface area contributed by atoms with Gasteiger partial charge in [-0.25, -0.2) is 0 Å². The quantitative estimate of drug-likeness (QED) is 0.590. The molecule has 0 saturated heterocycles. The van der Waals surface area contributed by atoms with Gasteiger partial charge in [0.2, 0.25) is 0 Å². The first-order valence-electron chi connectivity index (χ1n) is 3.44. The number of carbonyl (C=O) groups excluding carboxylic acids is 1. The van der Waals surface area contributed by atoms with Crippen LogP contribution in [0.25, 0.3) is 0 Å². The molecule has 0 aromatic rings. The Bertz CT molecular complexity index is 102. The Morgan fingerprint density at radius 1 is 1.70 bits per heavy atom. The topological polar surface area (TPSA) is 38.3 Å². The fourth-order valence-corrected chi connectivity index (χ4v) is 0.452.